The fourth-order valence-corrected chi connectivity index (χ4v) is 4.58. The van der Waals surface area contributed by atoms with Gasteiger partial charge < -0.3 is 15.1 Å². The lowest BCUT2D eigenvalue weighted by Gasteiger charge is -2.37. The van der Waals surface area contributed by atoms with Crippen LogP contribution in [0.4, 0.5) is 5.00 Å². The van der Waals surface area contributed by atoms with Crippen LogP contribution in [-0.2, 0) is 6.42 Å². The lowest BCUT2D eigenvalue weighted by atomic mass is 10.2. The number of thiazole rings is 1. The minimum Gasteiger partial charge on any atom is -0.360 e. The summed E-state index contributed by atoms with van der Waals surface area (Å²) in [5.74, 6) is 1.52. The Morgan fingerprint density at radius 1 is 1.27 bits per heavy atom. The molecule has 0 atom stereocenters. The molecule has 0 saturated carbocycles. The van der Waals surface area contributed by atoms with Crippen LogP contribution in [0.1, 0.15) is 30.5 Å². The zero-order valence-electron chi connectivity index (χ0n) is 15.6. The number of rotatable bonds is 5. The van der Waals surface area contributed by atoms with E-state index in [1.807, 2.05) is 18.4 Å². The first-order valence-corrected chi connectivity index (χ1v) is 10.6. The third-order valence-corrected chi connectivity index (χ3v) is 6.46. The zero-order chi connectivity index (χ0) is 17.6. The molecular formula is C18H28IN5S2. The Hall–Kier alpha value is -0.870. The number of aliphatic imine (C=N–C) groups is 1. The molecule has 1 aliphatic rings. The van der Waals surface area contributed by atoms with Crippen LogP contribution >= 0.6 is 46.7 Å². The number of guanidine groups is 1. The van der Waals surface area contributed by atoms with E-state index < -0.39 is 0 Å². The van der Waals surface area contributed by atoms with Gasteiger partial charge in [0.1, 0.15) is 0 Å². The van der Waals surface area contributed by atoms with Crippen molar-refractivity contribution in [3.05, 3.63) is 33.6 Å². The average Bonchev–Trinajstić information content (AvgIpc) is 3.31. The van der Waals surface area contributed by atoms with Gasteiger partial charge in [-0.05, 0) is 17.5 Å². The Bertz CT molecular complexity index is 676. The van der Waals surface area contributed by atoms with Gasteiger partial charge in [-0.3, -0.25) is 4.99 Å². The van der Waals surface area contributed by atoms with Crippen LogP contribution in [0.5, 0.6) is 0 Å². The van der Waals surface area contributed by atoms with E-state index in [4.69, 9.17) is 4.98 Å². The minimum absolute atomic E-state index is 0. The molecule has 0 unspecified atom stereocenters. The van der Waals surface area contributed by atoms with Crippen molar-refractivity contribution in [3.63, 3.8) is 0 Å². The Morgan fingerprint density at radius 3 is 2.62 bits per heavy atom. The maximum atomic E-state index is 4.70. The molecule has 3 rings (SSSR count). The summed E-state index contributed by atoms with van der Waals surface area (Å²) >= 11 is 3.58. The standard InChI is InChI=1S/C18H27N5S2.HI/c1-14(2)17-21-15(13-25-17)6-7-20-18(19-3)23-10-8-22(9-11-23)16-5-4-12-24-16;/h4-5,12-14H,6-11H2,1-3H3,(H,19,20);1H. The normalized spacial score (nSPS) is 15.3. The summed E-state index contributed by atoms with van der Waals surface area (Å²) in [6, 6.07) is 4.32. The highest BCUT2D eigenvalue weighted by atomic mass is 127. The summed E-state index contributed by atoms with van der Waals surface area (Å²) in [5.41, 5.74) is 1.18. The number of thiophene rings is 1. The fourth-order valence-electron chi connectivity index (χ4n) is 2.93. The van der Waals surface area contributed by atoms with Crippen LogP contribution in [0.2, 0.25) is 0 Å². The van der Waals surface area contributed by atoms with Crippen LogP contribution in [0, 0.1) is 0 Å². The van der Waals surface area contributed by atoms with E-state index in [1.54, 1.807) is 11.3 Å². The number of hydrogen-bond acceptors (Lipinski definition) is 5. The van der Waals surface area contributed by atoms with Gasteiger partial charge in [-0.1, -0.05) is 13.8 Å². The van der Waals surface area contributed by atoms with Gasteiger partial charge in [0.25, 0.3) is 0 Å². The largest absolute Gasteiger partial charge is 0.360 e. The zero-order valence-corrected chi connectivity index (χ0v) is 19.6. The predicted molar refractivity (Wildman–Crippen MR) is 125 cm³/mol. The molecule has 1 aliphatic heterocycles. The van der Waals surface area contributed by atoms with Gasteiger partial charge in [0.2, 0.25) is 0 Å². The highest BCUT2D eigenvalue weighted by Gasteiger charge is 2.20. The van der Waals surface area contributed by atoms with Crippen LogP contribution in [0.3, 0.4) is 0 Å². The summed E-state index contributed by atoms with van der Waals surface area (Å²) in [6.07, 6.45) is 0.942. The van der Waals surface area contributed by atoms with Crippen molar-refractivity contribution >= 4 is 57.6 Å². The number of nitrogens with one attached hydrogen (secondary N) is 1. The summed E-state index contributed by atoms with van der Waals surface area (Å²) in [7, 11) is 1.87. The number of piperazine rings is 1. The quantitative estimate of drug-likeness (QED) is 0.381. The number of halogens is 1. The van der Waals surface area contributed by atoms with Gasteiger partial charge in [-0.15, -0.1) is 46.7 Å². The predicted octanol–water partition coefficient (Wildman–Crippen LogP) is 3.89. The Balaban J connectivity index is 0.00000243. The molecule has 26 heavy (non-hydrogen) atoms. The topological polar surface area (TPSA) is 43.8 Å². The van der Waals surface area contributed by atoms with Gasteiger partial charge in [0.15, 0.2) is 5.96 Å². The van der Waals surface area contributed by atoms with Gasteiger partial charge >= 0.3 is 0 Å². The Kier molecular flexibility index (Phi) is 8.62. The molecule has 3 heterocycles. The molecule has 0 radical (unpaired) electrons. The first kappa shape index (κ1) is 21.4. The maximum Gasteiger partial charge on any atom is 0.193 e. The molecule has 0 amide bonds. The fraction of sp³-hybridized carbons (Fsp3) is 0.556. The van der Waals surface area contributed by atoms with Crippen molar-refractivity contribution in [3.8, 4) is 0 Å². The number of anilines is 1. The highest BCUT2D eigenvalue weighted by molar-refractivity contribution is 14.0. The monoisotopic (exact) mass is 505 g/mol. The first-order valence-electron chi connectivity index (χ1n) is 8.85. The second kappa shape index (κ2) is 10.5. The van der Waals surface area contributed by atoms with Crippen molar-refractivity contribution in [1.82, 2.24) is 15.2 Å². The molecule has 1 N–H and O–H groups in total. The second-order valence-corrected chi connectivity index (χ2v) is 8.30. The van der Waals surface area contributed by atoms with E-state index >= 15 is 0 Å². The van der Waals surface area contributed by atoms with E-state index in [9.17, 15) is 0 Å². The van der Waals surface area contributed by atoms with E-state index in [2.05, 4.69) is 56.8 Å². The van der Waals surface area contributed by atoms with Crippen LogP contribution in [0.15, 0.2) is 27.9 Å². The molecule has 5 nitrogen and oxygen atoms in total. The number of aromatic nitrogens is 1. The van der Waals surface area contributed by atoms with Crippen LogP contribution in [-0.4, -0.2) is 55.6 Å². The molecule has 1 saturated heterocycles. The lowest BCUT2D eigenvalue weighted by molar-refractivity contribution is 0.373. The molecule has 0 aliphatic carbocycles. The van der Waals surface area contributed by atoms with E-state index in [0.29, 0.717) is 5.92 Å². The van der Waals surface area contributed by atoms with Gasteiger partial charge in [-0.2, -0.15) is 0 Å². The van der Waals surface area contributed by atoms with E-state index in [-0.39, 0.29) is 24.0 Å². The molecule has 0 spiro atoms. The van der Waals surface area contributed by atoms with Crippen molar-refractivity contribution in [1.29, 1.82) is 0 Å². The van der Waals surface area contributed by atoms with E-state index in [1.165, 1.54) is 15.7 Å². The summed E-state index contributed by atoms with van der Waals surface area (Å²) in [5, 5.41) is 10.4. The molecule has 2 aromatic heterocycles. The van der Waals surface area contributed by atoms with Gasteiger partial charge in [0, 0.05) is 57.5 Å². The Morgan fingerprint density at radius 2 is 2.04 bits per heavy atom. The molecule has 8 heteroatoms. The molecule has 2 aromatic rings. The van der Waals surface area contributed by atoms with E-state index in [0.717, 1.165) is 45.1 Å². The molecule has 1 fully saturated rings. The molecule has 0 aromatic carbocycles. The smallest absolute Gasteiger partial charge is 0.193 e. The second-order valence-electron chi connectivity index (χ2n) is 6.48. The molecule has 0 bridgehead atoms. The summed E-state index contributed by atoms with van der Waals surface area (Å²) in [4.78, 5) is 14.0. The van der Waals surface area contributed by atoms with Crippen molar-refractivity contribution in [2.75, 3.05) is 44.7 Å². The van der Waals surface area contributed by atoms with Crippen LogP contribution < -0.4 is 10.2 Å². The lowest BCUT2D eigenvalue weighted by Crippen LogP contribution is -2.52. The third-order valence-electron chi connectivity index (χ3n) is 4.34. The summed E-state index contributed by atoms with van der Waals surface area (Å²) in [6.45, 7) is 9.36. The average molecular weight is 505 g/mol. The van der Waals surface area contributed by atoms with Crippen LogP contribution in [0.25, 0.3) is 0 Å². The maximum absolute atomic E-state index is 4.70. The number of hydrogen-bond donors (Lipinski definition) is 1. The third kappa shape index (κ3) is 5.56. The number of nitrogens with zero attached hydrogens (tertiary/aromatic N) is 4. The van der Waals surface area contributed by atoms with Gasteiger partial charge in [-0.25, -0.2) is 4.98 Å². The Labute approximate surface area is 181 Å². The summed E-state index contributed by atoms with van der Waals surface area (Å²) < 4.78 is 0. The highest BCUT2D eigenvalue weighted by Crippen LogP contribution is 2.22. The van der Waals surface area contributed by atoms with Gasteiger partial charge in [0.05, 0.1) is 15.7 Å². The van der Waals surface area contributed by atoms with Crippen molar-refractivity contribution in [2.24, 2.45) is 4.99 Å². The van der Waals surface area contributed by atoms with Crippen molar-refractivity contribution < 1.29 is 0 Å². The minimum atomic E-state index is 0. The molecule has 144 valence electrons. The van der Waals surface area contributed by atoms with Crippen molar-refractivity contribution in [2.45, 2.75) is 26.2 Å². The molecular weight excluding hydrogens is 477 g/mol. The first-order chi connectivity index (χ1) is 12.2. The SMILES string of the molecule is CN=C(NCCc1csc(C(C)C)n1)N1CCN(c2cccs2)CC1.I.